The summed E-state index contributed by atoms with van der Waals surface area (Å²) in [7, 11) is 0. The maximum atomic E-state index is 15.5. The third-order valence-corrected chi connectivity index (χ3v) is 8.27. The van der Waals surface area contributed by atoms with E-state index in [0.29, 0.717) is 17.4 Å². The summed E-state index contributed by atoms with van der Waals surface area (Å²) in [6.07, 6.45) is 1.63. The van der Waals surface area contributed by atoms with Gasteiger partial charge >= 0.3 is 0 Å². The van der Waals surface area contributed by atoms with Gasteiger partial charge in [-0.05, 0) is 84.0 Å². The molecule has 3 heterocycles. The summed E-state index contributed by atoms with van der Waals surface area (Å²) >= 11 is 0. The van der Waals surface area contributed by atoms with Gasteiger partial charge in [-0.1, -0.05) is 52.0 Å². The fraction of sp³-hybridized carbons (Fsp3) is 0.536. The second kappa shape index (κ2) is 8.12. The summed E-state index contributed by atoms with van der Waals surface area (Å²) < 4.78 is 15.5. The molecule has 3 fully saturated rings. The van der Waals surface area contributed by atoms with Gasteiger partial charge in [0.2, 0.25) is 0 Å². The predicted octanol–water partition coefficient (Wildman–Crippen LogP) is 4.98. The van der Waals surface area contributed by atoms with Crippen LogP contribution >= 0.6 is 0 Å². The number of carbonyl (C=O) groups excluding carboxylic acids is 1. The normalized spacial score (nSPS) is 27.6. The summed E-state index contributed by atoms with van der Waals surface area (Å²) in [5, 5.41) is 12.5. The Balaban J connectivity index is 1.53. The number of fused-ring (bicyclic) bond motifs is 4. The van der Waals surface area contributed by atoms with Gasteiger partial charge < -0.3 is 19.7 Å². The molecule has 2 aromatic carbocycles. The molecule has 5 heteroatoms. The van der Waals surface area contributed by atoms with Crippen LogP contribution in [0.2, 0.25) is 0 Å². The van der Waals surface area contributed by atoms with Crippen LogP contribution in [0.1, 0.15) is 69.2 Å². The van der Waals surface area contributed by atoms with E-state index >= 15 is 4.39 Å². The van der Waals surface area contributed by atoms with E-state index in [0.717, 1.165) is 55.6 Å². The van der Waals surface area contributed by atoms with Crippen molar-refractivity contribution in [1.82, 2.24) is 9.80 Å². The molecular formula is C28H34FN2O2-. The van der Waals surface area contributed by atoms with E-state index in [9.17, 15) is 9.90 Å². The quantitative estimate of drug-likeness (QED) is 0.661. The molecule has 1 amide bonds. The zero-order valence-electron chi connectivity index (χ0n) is 20.1. The lowest BCUT2D eigenvalue weighted by atomic mass is 9.79. The molecule has 3 aliphatic heterocycles. The maximum absolute atomic E-state index is 15.5. The summed E-state index contributed by atoms with van der Waals surface area (Å²) in [5.41, 5.74) is 4.19. The first-order valence-electron chi connectivity index (χ1n) is 12.3. The minimum absolute atomic E-state index is 0.0842. The highest BCUT2D eigenvalue weighted by molar-refractivity contribution is 5.69. The number of piperidine rings is 3. The van der Waals surface area contributed by atoms with Crippen LogP contribution in [0, 0.1) is 17.2 Å². The number of hydrogen-bond acceptors (Lipinski definition) is 3. The average Bonchev–Trinajstić information content (AvgIpc) is 3.03. The van der Waals surface area contributed by atoms with E-state index in [1.165, 1.54) is 5.56 Å². The first-order chi connectivity index (χ1) is 15.7. The fourth-order valence-electron chi connectivity index (χ4n) is 6.53. The van der Waals surface area contributed by atoms with Crippen LogP contribution in [-0.4, -0.2) is 41.6 Å². The van der Waals surface area contributed by atoms with E-state index in [1.807, 2.05) is 18.2 Å². The highest BCUT2D eigenvalue weighted by atomic mass is 19.1. The fourth-order valence-corrected chi connectivity index (χ4v) is 6.53. The Bertz CT molecular complexity index is 1050. The predicted molar refractivity (Wildman–Crippen MR) is 126 cm³/mol. The van der Waals surface area contributed by atoms with Gasteiger partial charge in [0.25, 0.3) is 0 Å². The van der Waals surface area contributed by atoms with E-state index in [1.54, 1.807) is 11.0 Å². The molecule has 3 saturated heterocycles. The monoisotopic (exact) mass is 449 g/mol. The zero-order valence-corrected chi connectivity index (χ0v) is 20.1. The van der Waals surface area contributed by atoms with Crippen LogP contribution in [0.5, 0.6) is 0 Å². The second-order valence-electron chi connectivity index (χ2n) is 11.3. The molecular weight excluding hydrogens is 415 g/mol. The van der Waals surface area contributed by atoms with Gasteiger partial charge in [-0.3, -0.25) is 0 Å². The van der Waals surface area contributed by atoms with Gasteiger partial charge in [-0.25, -0.2) is 4.39 Å². The Labute approximate surface area is 196 Å². The minimum Gasteiger partial charge on any atom is -0.530 e. The van der Waals surface area contributed by atoms with Gasteiger partial charge in [0, 0.05) is 18.2 Å². The van der Waals surface area contributed by atoms with Crippen molar-refractivity contribution < 1.29 is 14.3 Å². The lowest BCUT2D eigenvalue weighted by Crippen LogP contribution is -2.62. The highest BCUT2D eigenvalue weighted by Crippen LogP contribution is 2.52. The lowest BCUT2D eigenvalue weighted by Gasteiger charge is -2.53. The summed E-state index contributed by atoms with van der Waals surface area (Å²) in [6, 6.07) is 11.2. The topological polar surface area (TPSA) is 46.6 Å². The zero-order chi connectivity index (χ0) is 23.5. The van der Waals surface area contributed by atoms with Gasteiger partial charge in [0.1, 0.15) is 11.9 Å². The summed E-state index contributed by atoms with van der Waals surface area (Å²) in [5.74, 6) is 0.491. The Morgan fingerprint density at radius 1 is 1.15 bits per heavy atom. The molecule has 0 radical (unpaired) electrons. The standard InChI is InChI=1S/C28H35FN2O2/c1-17(2)18-5-7-19(8-6-18)22-13-21-15-28(3,4)26(23(21)14-24(22)29)31(27(32)33)25-16-30-11-9-20(25)10-12-30/h5-8,13-14,17,20,25-26H,9-12,15-16H2,1-4H3,(H,32,33)/p-1/t25-,26+/m1/s1. The molecule has 2 atom stereocenters. The molecule has 2 aromatic rings. The van der Waals surface area contributed by atoms with Crippen molar-refractivity contribution in [1.29, 1.82) is 0 Å². The van der Waals surface area contributed by atoms with Crippen LogP contribution in [0.3, 0.4) is 0 Å². The molecule has 4 nitrogen and oxygen atoms in total. The molecule has 176 valence electrons. The molecule has 0 spiro atoms. The van der Waals surface area contributed by atoms with E-state index in [4.69, 9.17) is 0 Å². The first kappa shape index (κ1) is 22.4. The molecule has 0 unspecified atom stereocenters. The van der Waals surface area contributed by atoms with Crippen LogP contribution in [0.25, 0.3) is 11.1 Å². The minimum atomic E-state index is -1.13. The molecule has 4 aliphatic rings. The molecule has 0 aromatic heterocycles. The van der Waals surface area contributed by atoms with Gasteiger partial charge in [0.15, 0.2) is 0 Å². The highest BCUT2D eigenvalue weighted by Gasteiger charge is 2.48. The van der Waals surface area contributed by atoms with Crippen LogP contribution < -0.4 is 5.11 Å². The van der Waals surface area contributed by atoms with Gasteiger partial charge in [-0.2, -0.15) is 0 Å². The van der Waals surface area contributed by atoms with Crippen LogP contribution in [0.15, 0.2) is 36.4 Å². The van der Waals surface area contributed by atoms with Crippen molar-refractivity contribution in [3.8, 4) is 11.1 Å². The number of halogens is 1. The lowest BCUT2D eigenvalue weighted by molar-refractivity contribution is -0.276. The number of carboxylic acid groups (broad SMARTS) is 1. The molecule has 6 rings (SSSR count). The van der Waals surface area contributed by atoms with E-state index in [2.05, 4.69) is 44.7 Å². The number of hydrogen-bond donors (Lipinski definition) is 0. The smallest absolute Gasteiger partial charge is 0.137 e. The third-order valence-electron chi connectivity index (χ3n) is 8.27. The Morgan fingerprint density at radius 2 is 1.82 bits per heavy atom. The molecule has 0 N–H and O–H groups in total. The second-order valence-corrected chi connectivity index (χ2v) is 11.3. The maximum Gasteiger partial charge on any atom is 0.137 e. The summed E-state index contributed by atoms with van der Waals surface area (Å²) in [4.78, 5) is 16.5. The number of carbonyl (C=O) groups is 1. The van der Waals surface area contributed by atoms with Crippen molar-refractivity contribution in [2.75, 3.05) is 19.6 Å². The SMILES string of the molecule is CC(C)c1ccc(-c2cc3c(cc2F)[C@H](N(C(=O)[O-])[C@@H]2CN4CCC2CC4)C(C)(C)C3)cc1. The van der Waals surface area contributed by atoms with E-state index in [-0.39, 0.29) is 17.3 Å². The molecule has 0 saturated carbocycles. The van der Waals surface area contributed by atoms with Crippen molar-refractivity contribution in [3.63, 3.8) is 0 Å². The number of amides is 1. The van der Waals surface area contributed by atoms with Crippen LogP contribution in [-0.2, 0) is 6.42 Å². The Morgan fingerprint density at radius 3 is 2.36 bits per heavy atom. The number of benzene rings is 2. The Kier molecular flexibility index (Phi) is 5.51. The Hall–Kier alpha value is -2.40. The van der Waals surface area contributed by atoms with Gasteiger partial charge in [0.05, 0.1) is 6.04 Å². The first-order valence-corrected chi connectivity index (χ1v) is 12.3. The third kappa shape index (κ3) is 3.84. The largest absolute Gasteiger partial charge is 0.530 e. The average molecular weight is 450 g/mol. The van der Waals surface area contributed by atoms with Gasteiger partial charge in [-0.15, -0.1) is 0 Å². The van der Waals surface area contributed by atoms with Crippen molar-refractivity contribution in [2.24, 2.45) is 11.3 Å². The molecule has 33 heavy (non-hydrogen) atoms. The number of nitrogens with zero attached hydrogens (tertiary/aromatic N) is 2. The molecule has 2 bridgehead atoms. The van der Waals surface area contributed by atoms with Crippen molar-refractivity contribution in [2.45, 2.75) is 65.0 Å². The number of rotatable bonds is 4. The van der Waals surface area contributed by atoms with Crippen LogP contribution in [0.4, 0.5) is 9.18 Å². The van der Waals surface area contributed by atoms with Crippen molar-refractivity contribution in [3.05, 3.63) is 58.9 Å². The molecule has 1 aliphatic carbocycles. The summed E-state index contributed by atoms with van der Waals surface area (Å²) in [6.45, 7) is 11.3. The van der Waals surface area contributed by atoms with Crippen molar-refractivity contribution >= 4 is 6.09 Å². The van der Waals surface area contributed by atoms with E-state index < -0.39 is 12.1 Å².